The molecule has 0 bridgehead atoms. The second-order valence-corrected chi connectivity index (χ2v) is 5.20. The Morgan fingerprint density at radius 1 is 1.37 bits per heavy atom. The van der Waals surface area contributed by atoms with E-state index in [0.29, 0.717) is 18.0 Å². The van der Waals surface area contributed by atoms with Crippen LogP contribution in [0, 0.1) is 0 Å². The van der Waals surface area contributed by atoms with E-state index >= 15 is 0 Å². The molecular weight excluding hydrogens is 264 g/mol. The maximum absolute atomic E-state index is 12.1. The maximum atomic E-state index is 12.1. The molecule has 0 aliphatic heterocycles. The van der Waals surface area contributed by atoms with Crippen LogP contribution >= 0.6 is 11.3 Å². The summed E-state index contributed by atoms with van der Waals surface area (Å²) in [6.07, 6.45) is 1.70. The largest absolute Gasteiger partial charge is 0.479 e. The van der Waals surface area contributed by atoms with Crippen molar-refractivity contribution in [3.63, 3.8) is 0 Å². The van der Waals surface area contributed by atoms with Gasteiger partial charge in [-0.3, -0.25) is 0 Å². The first-order valence-electron chi connectivity index (χ1n) is 6.41. The van der Waals surface area contributed by atoms with Crippen LogP contribution in [0.5, 0.6) is 0 Å². The van der Waals surface area contributed by atoms with Gasteiger partial charge in [-0.25, -0.2) is 9.59 Å². The number of rotatable bonds is 7. The van der Waals surface area contributed by atoms with Gasteiger partial charge in [0.25, 0.3) is 0 Å². The number of carboxylic acid groups (broad SMARTS) is 1. The number of carboxylic acids is 1. The number of hydrogen-bond acceptors (Lipinski definition) is 3. The summed E-state index contributed by atoms with van der Waals surface area (Å²) in [5, 5.41) is 13.6. The molecule has 0 radical (unpaired) electrons. The lowest BCUT2D eigenvalue weighted by Crippen LogP contribution is -2.44. The summed E-state index contributed by atoms with van der Waals surface area (Å²) in [7, 11) is 0. The van der Waals surface area contributed by atoms with Crippen LogP contribution in [-0.4, -0.2) is 35.1 Å². The molecule has 2 N–H and O–H groups in total. The minimum Gasteiger partial charge on any atom is -0.479 e. The van der Waals surface area contributed by atoms with Gasteiger partial charge in [-0.15, -0.1) is 11.3 Å². The van der Waals surface area contributed by atoms with Gasteiger partial charge in [-0.2, -0.15) is 0 Å². The van der Waals surface area contributed by atoms with E-state index in [4.69, 9.17) is 0 Å². The van der Waals surface area contributed by atoms with Crippen molar-refractivity contribution in [2.75, 3.05) is 13.1 Å². The molecule has 19 heavy (non-hydrogen) atoms. The standard InChI is InChI=1S/C13H20N2O3S/c1-3-7-15(8-4-2)13(18)14-11(12(16)17)10-6-5-9-19-10/h5-6,9,11H,3-4,7-8H2,1-2H3,(H,14,18)(H,16,17). The van der Waals surface area contributed by atoms with Crippen molar-refractivity contribution in [1.82, 2.24) is 10.2 Å². The van der Waals surface area contributed by atoms with Gasteiger partial charge >= 0.3 is 12.0 Å². The highest BCUT2D eigenvalue weighted by molar-refractivity contribution is 7.10. The highest BCUT2D eigenvalue weighted by Crippen LogP contribution is 2.19. The van der Waals surface area contributed by atoms with E-state index in [0.717, 1.165) is 12.8 Å². The summed E-state index contributed by atoms with van der Waals surface area (Å²) in [5.74, 6) is -1.04. The first-order chi connectivity index (χ1) is 9.10. The van der Waals surface area contributed by atoms with E-state index in [2.05, 4.69) is 5.32 Å². The number of thiophene rings is 1. The number of carbonyl (C=O) groups is 2. The zero-order chi connectivity index (χ0) is 14.3. The third kappa shape index (κ3) is 4.55. The number of aliphatic carboxylic acids is 1. The van der Waals surface area contributed by atoms with Gasteiger partial charge in [-0.1, -0.05) is 19.9 Å². The van der Waals surface area contributed by atoms with Crippen LogP contribution in [0.4, 0.5) is 4.79 Å². The topological polar surface area (TPSA) is 69.6 Å². The molecule has 0 aliphatic rings. The van der Waals surface area contributed by atoms with E-state index < -0.39 is 12.0 Å². The molecule has 0 aromatic carbocycles. The summed E-state index contributed by atoms with van der Waals surface area (Å²) < 4.78 is 0. The third-order valence-electron chi connectivity index (χ3n) is 2.62. The highest BCUT2D eigenvalue weighted by atomic mass is 32.1. The molecule has 1 heterocycles. The molecule has 0 aliphatic carbocycles. The van der Waals surface area contributed by atoms with Gasteiger partial charge < -0.3 is 15.3 Å². The summed E-state index contributed by atoms with van der Waals surface area (Å²) in [6.45, 7) is 5.25. The van der Waals surface area contributed by atoms with Gasteiger partial charge in [0.2, 0.25) is 0 Å². The van der Waals surface area contributed by atoms with Crippen molar-refractivity contribution < 1.29 is 14.7 Å². The Hall–Kier alpha value is -1.56. The molecule has 1 atom stereocenters. The molecule has 0 saturated heterocycles. The number of hydrogen-bond donors (Lipinski definition) is 2. The molecule has 0 saturated carbocycles. The van der Waals surface area contributed by atoms with Gasteiger partial charge in [-0.05, 0) is 24.3 Å². The fourth-order valence-corrected chi connectivity index (χ4v) is 2.55. The molecule has 6 heteroatoms. The van der Waals surface area contributed by atoms with Crippen molar-refractivity contribution in [3.05, 3.63) is 22.4 Å². The summed E-state index contributed by atoms with van der Waals surface area (Å²) in [6, 6.07) is 2.21. The van der Waals surface area contributed by atoms with E-state index in [-0.39, 0.29) is 6.03 Å². The highest BCUT2D eigenvalue weighted by Gasteiger charge is 2.25. The lowest BCUT2D eigenvalue weighted by molar-refractivity contribution is -0.139. The fourth-order valence-electron chi connectivity index (χ4n) is 1.78. The Balaban J connectivity index is 2.73. The Labute approximate surface area is 117 Å². The summed E-state index contributed by atoms with van der Waals surface area (Å²) >= 11 is 1.33. The molecular formula is C13H20N2O3S. The van der Waals surface area contributed by atoms with Crippen LogP contribution in [0.3, 0.4) is 0 Å². The monoisotopic (exact) mass is 284 g/mol. The van der Waals surface area contributed by atoms with Crippen molar-refractivity contribution in [3.8, 4) is 0 Å². The first-order valence-corrected chi connectivity index (χ1v) is 7.29. The number of amides is 2. The second-order valence-electron chi connectivity index (χ2n) is 4.22. The van der Waals surface area contributed by atoms with Crippen LogP contribution in [0.25, 0.3) is 0 Å². The van der Waals surface area contributed by atoms with Gasteiger partial charge in [0, 0.05) is 18.0 Å². The van der Waals surface area contributed by atoms with Crippen molar-refractivity contribution in [2.45, 2.75) is 32.7 Å². The number of nitrogens with zero attached hydrogens (tertiary/aromatic N) is 1. The SMILES string of the molecule is CCCN(CCC)C(=O)NC(C(=O)O)c1cccs1. The lowest BCUT2D eigenvalue weighted by Gasteiger charge is -2.24. The van der Waals surface area contributed by atoms with E-state index in [1.54, 1.807) is 22.4 Å². The third-order valence-corrected chi connectivity index (χ3v) is 3.55. The average molecular weight is 284 g/mol. The Bertz CT molecular complexity index is 400. The van der Waals surface area contributed by atoms with Crippen LogP contribution in [0.2, 0.25) is 0 Å². The molecule has 0 spiro atoms. The van der Waals surface area contributed by atoms with Crippen molar-refractivity contribution in [2.24, 2.45) is 0 Å². The minimum absolute atomic E-state index is 0.315. The summed E-state index contributed by atoms with van der Waals surface area (Å²) in [4.78, 5) is 25.6. The average Bonchev–Trinajstić information content (AvgIpc) is 2.88. The summed E-state index contributed by atoms with van der Waals surface area (Å²) in [5.41, 5.74) is 0. The normalized spacial score (nSPS) is 11.9. The molecule has 1 aromatic heterocycles. The minimum atomic E-state index is -1.04. The van der Waals surface area contributed by atoms with Gasteiger partial charge in [0.1, 0.15) is 0 Å². The van der Waals surface area contributed by atoms with Crippen LogP contribution in [0.15, 0.2) is 17.5 Å². The van der Waals surface area contributed by atoms with Crippen LogP contribution in [0.1, 0.15) is 37.6 Å². The Morgan fingerprint density at radius 2 is 2.00 bits per heavy atom. The molecule has 2 amide bonds. The van der Waals surface area contributed by atoms with Crippen molar-refractivity contribution in [1.29, 1.82) is 0 Å². The number of carbonyl (C=O) groups excluding carboxylic acids is 1. The maximum Gasteiger partial charge on any atom is 0.331 e. The smallest absolute Gasteiger partial charge is 0.331 e. The molecule has 5 nitrogen and oxygen atoms in total. The van der Waals surface area contributed by atoms with E-state index in [9.17, 15) is 14.7 Å². The van der Waals surface area contributed by atoms with Crippen molar-refractivity contribution >= 4 is 23.3 Å². The molecule has 1 aromatic rings. The fraction of sp³-hybridized carbons (Fsp3) is 0.538. The molecule has 1 rings (SSSR count). The molecule has 0 fully saturated rings. The molecule has 1 unspecified atom stereocenters. The second kappa shape index (κ2) is 7.78. The molecule has 106 valence electrons. The zero-order valence-electron chi connectivity index (χ0n) is 11.3. The van der Waals surface area contributed by atoms with E-state index in [1.165, 1.54) is 11.3 Å². The first kappa shape index (κ1) is 15.5. The zero-order valence-corrected chi connectivity index (χ0v) is 12.1. The van der Waals surface area contributed by atoms with Gasteiger partial charge in [0.15, 0.2) is 6.04 Å². The van der Waals surface area contributed by atoms with E-state index in [1.807, 2.05) is 13.8 Å². The van der Waals surface area contributed by atoms with Crippen LogP contribution in [-0.2, 0) is 4.79 Å². The number of urea groups is 1. The predicted octanol–water partition coefficient (Wildman–Crippen LogP) is 2.71. The quantitative estimate of drug-likeness (QED) is 0.808. The predicted molar refractivity (Wildman–Crippen MR) is 75.4 cm³/mol. The van der Waals surface area contributed by atoms with Gasteiger partial charge in [0.05, 0.1) is 0 Å². The lowest BCUT2D eigenvalue weighted by atomic mass is 10.2. The Morgan fingerprint density at radius 3 is 2.42 bits per heavy atom. The number of nitrogens with one attached hydrogen (secondary N) is 1. The van der Waals surface area contributed by atoms with Crippen LogP contribution < -0.4 is 5.32 Å². The Kier molecular flexibility index (Phi) is 6.35.